The maximum atomic E-state index is 12.9. The number of ether oxygens (including phenoxy) is 2. The number of hydrogen-bond acceptors (Lipinski definition) is 8. The zero-order valence-electron chi connectivity index (χ0n) is 21.5. The molecule has 202 valence electrons. The van der Waals surface area contributed by atoms with E-state index in [2.05, 4.69) is 0 Å². The van der Waals surface area contributed by atoms with Crippen LogP contribution in [0.4, 0.5) is 0 Å². The number of aryl methyl sites for hydroxylation is 2. The molecule has 0 saturated heterocycles. The van der Waals surface area contributed by atoms with Gasteiger partial charge in [-0.15, -0.1) is 0 Å². The van der Waals surface area contributed by atoms with Crippen LogP contribution in [0.3, 0.4) is 0 Å². The molecule has 0 spiro atoms. The van der Waals surface area contributed by atoms with Crippen molar-refractivity contribution < 1.29 is 34.7 Å². The van der Waals surface area contributed by atoms with Crippen LogP contribution in [-0.2, 0) is 38.1 Å². The first kappa shape index (κ1) is 27.9. The smallest absolute Gasteiger partial charge is 0.296 e. The van der Waals surface area contributed by atoms with Crippen LogP contribution in [0.1, 0.15) is 25.0 Å². The molecule has 0 aliphatic heterocycles. The molecule has 4 atom stereocenters. The molecule has 37 heavy (non-hydrogen) atoms. The third kappa shape index (κ3) is 5.55. The number of hydrogen-bond donors (Lipinski definition) is 0. The van der Waals surface area contributed by atoms with Crippen molar-refractivity contribution in [2.24, 2.45) is 23.7 Å². The van der Waals surface area contributed by atoms with Crippen LogP contribution in [0.2, 0.25) is 0 Å². The predicted molar refractivity (Wildman–Crippen MR) is 138 cm³/mol. The second-order valence-electron chi connectivity index (χ2n) is 9.45. The molecule has 0 radical (unpaired) electrons. The standard InChI is InChI=1S/C27H34O8S2/c1-5-32-27(33-6-2)25-15-16-26(27)24(18-35-37(30,31)22-13-9-20(4)10-14-22)23(25)17-34-36(28,29)21-11-7-19(3)8-12-21/h7-16,23-26H,5-6,17-18H2,1-4H3. The third-order valence-electron chi connectivity index (χ3n) is 7.12. The second kappa shape index (κ2) is 11.0. The van der Waals surface area contributed by atoms with Gasteiger partial charge >= 0.3 is 0 Å². The van der Waals surface area contributed by atoms with Gasteiger partial charge in [0.05, 0.1) is 23.0 Å². The highest BCUT2D eigenvalue weighted by Crippen LogP contribution is 2.57. The van der Waals surface area contributed by atoms with Gasteiger partial charge in [0, 0.05) is 36.9 Å². The molecule has 0 N–H and O–H groups in total. The van der Waals surface area contributed by atoms with E-state index in [-0.39, 0.29) is 34.8 Å². The van der Waals surface area contributed by atoms with Crippen LogP contribution in [0.5, 0.6) is 0 Å². The Bertz CT molecular complexity index is 1210. The van der Waals surface area contributed by atoms with Gasteiger partial charge in [-0.05, 0) is 52.0 Å². The van der Waals surface area contributed by atoms with Crippen LogP contribution in [-0.4, -0.2) is 49.1 Å². The largest absolute Gasteiger partial charge is 0.349 e. The van der Waals surface area contributed by atoms with Crippen LogP contribution in [0.15, 0.2) is 70.5 Å². The minimum Gasteiger partial charge on any atom is -0.349 e. The molecule has 2 aromatic carbocycles. The van der Waals surface area contributed by atoms with E-state index in [4.69, 9.17) is 17.8 Å². The molecule has 0 amide bonds. The predicted octanol–water partition coefficient (Wildman–Crippen LogP) is 4.23. The van der Waals surface area contributed by atoms with E-state index in [9.17, 15) is 16.8 Å². The molecule has 2 aliphatic rings. The Balaban J connectivity index is 1.59. The van der Waals surface area contributed by atoms with Crippen molar-refractivity contribution in [1.29, 1.82) is 0 Å². The molecule has 2 aromatic rings. The molecule has 1 saturated carbocycles. The van der Waals surface area contributed by atoms with Gasteiger partial charge in [-0.3, -0.25) is 8.37 Å². The Morgan fingerprint density at radius 3 is 1.32 bits per heavy atom. The van der Waals surface area contributed by atoms with E-state index >= 15 is 0 Å². The van der Waals surface area contributed by atoms with Gasteiger partial charge in [0.15, 0.2) is 5.79 Å². The van der Waals surface area contributed by atoms with Crippen molar-refractivity contribution in [2.75, 3.05) is 26.4 Å². The van der Waals surface area contributed by atoms with E-state index in [0.717, 1.165) is 11.1 Å². The average molecular weight is 551 g/mol. The lowest BCUT2D eigenvalue weighted by Gasteiger charge is -2.35. The summed E-state index contributed by atoms with van der Waals surface area (Å²) in [5.41, 5.74) is 1.87. The summed E-state index contributed by atoms with van der Waals surface area (Å²) in [6, 6.07) is 12.8. The summed E-state index contributed by atoms with van der Waals surface area (Å²) < 4.78 is 75.0. The zero-order valence-corrected chi connectivity index (χ0v) is 23.1. The quantitative estimate of drug-likeness (QED) is 0.220. The van der Waals surface area contributed by atoms with Crippen LogP contribution in [0, 0.1) is 37.5 Å². The first-order valence-corrected chi connectivity index (χ1v) is 15.2. The molecule has 8 nitrogen and oxygen atoms in total. The molecule has 4 unspecified atom stereocenters. The van der Waals surface area contributed by atoms with E-state index in [1.165, 1.54) is 24.3 Å². The van der Waals surface area contributed by atoms with E-state index < -0.39 is 37.9 Å². The maximum Gasteiger partial charge on any atom is 0.296 e. The Hall–Kier alpha value is -2.08. The lowest BCUT2D eigenvalue weighted by Crippen LogP contribution is -2.43. The average Bonchev–Trinajstić information content (AvgIpc) is 3.31. The Morgan fingerprint density at radius 1 is 0.649 bits per heavy atom. The van der Waals surface area contributed by atoms with Crippen molar-refractivity contribution in [3.8, 4) is 0 Å². The highest BCUT2D eigenvalue weighted by Gasteiger charge is 2.63. The molecular formula is C27H34O8S2. The van der Waals surface area contributed by atoms with Crippen molar-refractivity contribution in [3.63, 3.8) is 0 Å². The van der Waals surface area contributed by atoms with Gasteiger partial charge in [0.25, 0.3) is 20.2 Å². The molecule has 1 fully saturated rings. The lowest BCUT2D eigenvalue weighted by molar-refractivity contribution is -0.259. The molecule has 0 aromatic heterocycles. The fourth-order valence-corrected chi connectivity index (χ4v) is 7.24. The van der Waals surface area contributed by atoms with Crippen molar-refractivity contribution >= 4 is 20.2 Å². The fourth-order valence-electron chi connectivity index (χ4n) is 5.36. The highest BCUT2D eigenvalue weighted by atomic mass is 32.2. The number of benzene rings is 2. The fraction of sp³-hybridized carbons (Fsp3) is 0.481. The Morgan fingerprint density at radius 2 is 1.00 bits per heavy atom. The van der Waals surface area contributed by atoms with Gasteiger partial charge in [-0.25, -0.2) is 0 Å². The minimum atomic E-state index is -4.02. The molecule has 4 rings (SSSR count). The van der Waals surface area contributed by atoms with Crippen molar-refractivity contribution in [1.82, 2.24) is 0 Å². The third-order valence-corrected chi connectivity index (χ3v) is 9.71. The van der Waals surface area contributed by atoms with E-state index in [1.807, 2.05) is 39.8 Å². The number of rotatable bonds is 12. The SMILES string of the molecule is CCOC1(OCC)C2C=CC1C(COS(=O)(=O)c1ccc(C)cc1)C2COS(=O)(=O)c1ccc(C)cc1. The summed E-state index contributed by atoms with van der Waals surface area (Å²) in [5.74, 6) is -2.53. The molecule has 0 heterocycles. The Kier molecular flexibility index (Phi) is 8.27. The summed E-state index contributed by atoms with van der Waals surface area (Å²) in [7, 11) is -8.04. The van der Waals surface area contributed by atoms with Gasteiger partial charge in [0.1, 0.15) is 0 Å². The molecule has 10 heteroatoms. The normalized spacial score (nSPS) is 24.5. The van der Waals surface area contributed by atoms with Gasteiger partial charge in [-0.1, -0.05) is 47.5 Å². The second-order valence-corrected chi connectivity index (χ2v) is 12.7. The van der Waals surface area contributed by atoms with Gasteiger partial charge < -0.3 is 9.47 Å². The van der Waals surface area contributed by atoms with E-state index in [1.54, 1.807) is 24.3 Å². The first-order chi connectivity index (χ1) is 17.5. The summed E-state index contributed by atoms with van der Waals surface area (Å²) >= 11 is 0. The van der Waals surface area contributed by atoms with Crippen molar-refractivity contribution in [2.45, 2.75) is 43.3 Å². The Labute approximate surface area is 219 Å². The van der Waals surface area contributed by atoms with Crippen LogP contribution in [0.25, 0.3) is 0 Å². The topological polar surface area (TPSA) is 105 Å². The maximum absolute atomic E-state index is 12.9. The monoisotopic (exact) mass is 550 g/mol. The van der Waals surface area contributed by atoms with Gasteiger partial charge in [-0.2, -0.15) is 16.8 Å². The molecular weight excluding hydrogens is 516 g/mol. The van der Waals surface area contributed by atoms with Crippen LogP contribution < -0.4 is 0 Å². The molecule has 2 aliphatic carbocycles. The van der Waals surface area contributed by atoms with E-state index in [0.29, 0.717) is 13.2 Å². The summed E-state index contributed by atoms with van der Waals surface area (Å²) in [6.07, 6.45) is 3.90. The summed E-state index contributed by atoms with van der Waals surface area (Å²) in [5, 5.41) is 0. The minimum absolute atomic E-state index is 0.0624. The number of fused-ring (bicyclic) bond motifs is 2. The highest BCUT2D eigenvalue weighted by molar-refractivity contribution is 7.87. The van der Waals surface area contributed by atoms with Gasteiger partial charge in [0.2, 0.25) is 0 Å². The lowest BCUT2D eigenvalue weighted by atomic mass is 9.84. The van der Waals surface area contributed by atoms with Crippen molar-refractivity contribution in [3.05, 3.63) is 71.8 Å². The van der Waals surface area contributed by atoms with Crippen LogP contribution >= 0.6 is 0 Å². The zero-order chi connectivity index (χ0) is 26.8. The molecule has 2 bridgehead atoms. The first-order valence-electron chi connectivity index (χ1n) is 12.4. The summed E-state index contributed by atoms with van der Waals surface area (Å²) in [4.78, 5) is 0.125. The summed E-state index contributed by atoms with van der Waals surface area (Å²) in [6.45, 7) is 7.88.